The normalized spacial score (nSPS) is 10.2. The number of rotatable bonds is 9. The highest BCUT2D eigenvalue weighted by molar-refractivity contribution is 5.94. The molecule has 0 aliphatic rings. The maximum Gasteiger partial charge on any atom is 0.338 e. The molecular formula is C21H25NO5. The van der Waals surface area contributed by atoms with Gasteiger partial charge in [0.1, 0.15) is 0 Å². The second-order valence-electron chi connectivity index (χ2n) is 5.98. The number of hydrogen-bond acceptors (Lipinski definition) is 5. The molecule has 0 saturated heterocycles. The number of hydrogen-bond donors (Lipinski definition) is 1. The lowest BCUT2D eigenvalue weighted by atomic mass is 10.1. The summed E-state index contributed by atoms with van der Waals surface area (Å²) in [6.45, 7) is 2.45. The lowest BCUT2D eigenvalue weighted by molar-refractivity contribution is -0.115. The molecule has 27 heavy (non-hydrogen) atoms. The van der Waals surface area contributed by atoms with Crippen LogP contribution in [-0.4, -0.2) is 32.7 Å². The molecule has 6 nitrogen and oxygen atoms in total. The minimum absolute atomic E-state index is 0.166. The predicted molar refractivity (Wildman–Crippen MR) is 104 cm³/mol. The predicted octanol–water partition coefficient (Wildman–Crippen LogP) is 3.84. The first-order valence-corrected chi connectivity index (χ1v) is 8.85. The molecule has 0 atom stereocenters. The van der Waals surface area contributed by atoms with E-state index in [1.165, 1.54) is 0 Å². The van der Waals surface area contributed by atoms with Crippen LogP contribution in [0, 0.1) is 0 Å². The molecule has 0 unspecified atom stereocenters. The van der Waals surface area contributed by atoms with Crippen molar-refractivity contribution in [1.29, 1.82) is 0 Å². The Morgan fingerprint density at radius 2 is 1.67 bits per heavy atom. The number of unbranched alkanes of at least 4 members (excludes halogenated alkanes) is 1. The van der Waals surface area contributed by atoms with Crippen LogP contribution in [0.25, 0.3) is 0 Å². The van der Waals surface area contributed by atoms with E-state index < -0.39 is 0 Å². The molecule has 0 radical (unpaired) electrons. The second-order valence-corrected chi connectivity index (χ2v) is 5.98. The number of ether oxygens (including phenoxy) is 3. The fraction of sp³-hybridized carbons (Fsp3) is 0.333. The van der Waals surface area contributed by atoms with Crippen molar-refractivity contribution in [2.45, 2.75) is 26.2 Å². The number of nitrogens with one attached hydrogen (secondary N) is 1. The summed E-state index contributed by atoms with van der Waals surface area (Å²) < 4.78 is 15.6. The van der Waals surface area contributed by atoms with E-state index in [1.807, 2.05) is 13.0 Å². The summed E-state index contributed by atoms with van der Waals surface area (Å²) in [6, 6.07) is 12.0. The first-order chi connectivity index (χ1) is 13.1. The summed E-state index contributed by atoms with van der Waals surface area (Å²) in [4.78, 5) is 24.1. The largest absolute Gasteiger partial charge is 0.493 e. The van der Waals surface area contributed by atoms with Gasteiger partial charge in [-0.2, -0.15) is 0 Å². The van der Waals surface area contributed by atoms with Crippen LogP contribution >= 0.6 is 0 Å². The smallest absolute Gasteiger partial charge is 0.338 e. The minimum Gasteiger partial charge on any atom is -0.493 e. The lowest BCUT2D eigenvalue weighted by Crippen LogP contribution is -2.14. The van der Waals surface area contributed by atoms with Crippen LogP contribution in [0.3, 0.4) is 0 Å². The molecule has 0 aromatic heterocycles. The maximum absolute atomic E-state index is 12.3. The molecule has 0 saturated carbocycles. The van der Waals surface area contributed by atoms with E-state index >= 15 is 0 Å². The Balaban J connectivity index is 1.93. The van der Waals surface area contributed by atoms with E-state index in [4.69, 9.17) is 14.2 Å². The van der Waals surface area contributed by atoms with Crippen molar-refractivity contribution in [3.63, 3.8) is 0 Å². The molecule has 1 amide bonds. The Bertz CT molecular complexity index is 771. The van der Waals surface area contributed by atoms with E-state index in [-0.39, 0.29) is 18.3 Å². The fourth-order valence-corrected chi connectivity index (χ4v) is 2.46. The molecule has 0 heterocycles. The summed E-state index contributed by atoms with van der Waals surface area (Å²) in [5, 5.41) is 2.81. The summed E-state index contributed by atoms with van der Waals surface area (Å²) in [6.07, 6.45) is 2.01. The van der Waals surface area contributed by atoms with E-state index in [0.717, 1.165) is 18.4 Å². The van der Waals surface area contributed by atoms with Crippen molar-refractivity contribution >= 4 is 17.6 Å². The zero-order chi connectivity index (χ0) is 19.6. The maximum atomic E-state index is 12.3. The average Bonchev–Trinajstić information content (AvgIpc) is 2.68. The van der Waals surface area contributed by atoms with Crippen molar-refractivity contribution in [2.24, 2.45) is 0 Å². The third kappa shape index (κ3) is 6.02. The number of methoxy groups -OCH3 is 2. The van der Waals surface area contributed by atoms with Crippen LogP contribution in [-0.2, 0) is 16.0 Å². The first kappa shape index (κ1) is 20.3. The van der Waals surface area contributed by atoms with E-state index in [9.17, 15) is 9.59 Å². The van der Waals surface area contributed by atoms with E-state index in [2.05, 4.69) is 5.32 Å². The first-order valence-electron chi connectivity index (χ1n) is 8.85. The van der Waals surface area contributed by atoms with Crippen molar-refractivity contribution < 1.29 is 23.8 Å². The molecule has 2 aromatic rings. The number of carbonyl (C=O) groups excluding carboxylic acids is 2. The van der Waals surface area contributed by atoms with Gasteiger partial charge in [-0.15, -0.1) is 0 Å². The number of anilines is 1. The molecule has 6 heteroatoms. The van der Waals surface area contributed by atoms with Crippen LogP contribution in [0.4, 0.5) is 5.69 Å². The summed E-state index contributed by atoms with van der Waals surface area (Å²) in [5.41, 5.74) is 1.89. The van der Waals surface area contributed by atoms with Gasteiger partial charge in [0, 0.05) is 5.69 Å². The van der Waals surface area contributed by atoms with Crippen molar-refractivity contribution in [1.82, 2.24) is 0 Å². The van der Waals surface area contributed by atoms with Gasteiger partial charge in [0.25, 0.3) is 0 Å². The van der Waals surface area contributed by atoms with Crippen molar-refractivity contribution in [3.8, 4) is 11.5 Å². The van der Waals surface area contributed by atoms with Gasteiger partial charge in [0.05, 0.1) is 32.8 Å². The number of esters is 1. The molecule has 2 aromatic carbocycles. The molecule has 2 rings (SSSR count). The molecule has 0 aliphatic heterocycles. The Hall–Kier alpha value is -3.02. The van der Waals surface area contributed by atoms with Crippen LogP contribution in [0.1, 0.15) is 35.7 Å². The molecule has 0 fully saturated rings. The Kier molecular flexibility index (Phi) is 7.67. The number of amides is 1. The Morgan fingerprint density at radius 1 is 0.963 bits per heavy atom. The summed E-state index contributed by atoms with van der Waals surface area (Å²) in [5.74, 6) is 0.670. The highest BCUT2D eigenvalue weighted by Gasteiger charge is 2.10. The van der Waals surface area contributed by atoms with Gasteiger partial charge in [-0.3, -0.25) is 4.79 Å². The minimum atomic E-state index is -0.355. The van der Waals surface area contributed by atoms with Crippen LogP contribution in [0.15, 0.2) is 42.5 Å². The van der Waals surface area contributed by atoms with Crippen molar-refractivity contribution in [2.75, 3.05) is 26.1 Å². The zero-order valence-electron chi connectivity index (χ0n) is 15.9. The zero-order valence-corrected chi connectivity index (χ0v) is 15.9. The Morgan fingerprint density at radius 3 is 2.30 bits per heavy atom. The van der Waals surface area contributed by atoms with Crippen molar-refractivity contribution in [3.05, 3.63) is 53.6 Å². The fourth-order valence-electron chi connectivity index (χ4n) is 2.46. The van der Waals surface area contributed by atoms with Gasteiger partial charge >= 0.3 is 5.97 Å². The van der Waals surface area contributed by atoms with Gasteiger partial charge in [0.15, 0.2) is 11.5 Å². The topological polar surface area (TPSA) is 73.9 Å². The van der Waals surface area contributed by atoms with Gasteiger partial charge in [-0.25, -0.2) is 4.79 Å². The standard InChI is InChI=1S/C21H25NO5/c1-4-5-12-27-21(24)16-7-9-17(10-8-16)22-20(23)14-15-6-11-18(25-2)19(13-15)26-3/h6-11,13H,4-5,12,14H2,1-3H3,(H,22,23). The third-order valence-corrected chi connectivity index (χ3v) is 3.95. The monoisotopic (exact) mass is 371 g/mol. The number of benzene rings is 2. The molecule has 0 spiro atoms. The van der Waals surface area contributed by atoms with Crippen LogP contribution < -0.4 is 14.8 Å². The van der Waals surface area contributed by atoms with Gasteiger partial charge in [-0.05, 0) is 48.4 Å². The quantitative estimate of drug-likeness (QED) is 0.535. The van der Waals surface area contributed by atoms with Gasteiger partial charge in [-0.1, -0.05) is 19.4 Å². The third-order valence-electron chi connectivity index (χ3n) is 3.95. The van der Waals surface area contributed by atoms with E-state index in [1.54, 1.807) is 50.6 Å². The lowest BCUT2D eigenvalue weighted by Gasteiger charge is -2.10. The molecule has 0 aliphatic carbocycles. The second kappa shape index (κ2) is 10.2. The van der Waals surface area contributed by atoms with Crippen LogP contribution in [0.2, 0.25) is 0 Å². The summed E-state index contributed by atoms with van der Waals surface area (Å²) >= 11 is 0. The average molecular weight is 371 g/mol. The number of carbonyl (C=O) groups is 2. The molecule has 0 bridgehead atoms. The highest BCUT2D eigenvalue weighted by Crippen LogP contribution is 2.27. The Labute approximate surface area is 159 Å². The van der Waals surface area contributed by atoms with Crippen LogP contribution in [0.5, 0.6) is 11.5 Å². The molecular weight excluding hydrogens is 346 g/mol. The van der Waals surface area contributed by atoms with Gasteiger partial charge < -0.3 is 19.5 Å². The van der Waals surface area contributed by atoms with E-state index in [0.29, 0.717) is 29.4 Å². The molecule has 1 N–H and O–H groups in total. The summed E-state index contributed by atoms with van der Waals surface area (Å²) in [7, 11) is 3.12. The van der Waals surface area contributed by atoms with Gasteiger partial charge in [0.2, 0.25) is 5.91 Å². The SMILES string of the molecule is CCCCOC(=O)c1ccc(NC(=O)Cc2ccc(OC)c(OC)c2)cc1. The highest BCUT2D eigenvalue weighted by atomic mass is 16.5. The molecule has 144 valence electrons.